The van der Waals surface area contributed by atoms with E-state index in [1.54, 1.807) is 25.5 Å². The third kappa shape index (κ3) is 3.40. The number of aromatic nitrogens is 2. The zero-order valence-corrected chi connectivity index (χ0v) is 12.3. The molecular weight excluding hydrogens is 288 g/mol. The van der Waals surface area contributed by atoms with Gasteiger partial charge in [0.05, 0.1) is 6.61 Å². The number of hydrogen-bond donors (Lipinski definition) is 0. The molecular formula is C11H14N2O4S2. The highest BCUT2D eigenvalue weighted by Crippen LogP contribution is 2.25. The number of sulfone groups is 1. The second kappa shape index (κ2) is 5.81. The lowest BCUT2D eigenvalue weighted by atomic mass is 10.4. The molecule has 2 aromatic rings. The summed E-state index contributed by atoms with van der Waals surface area (Å²) in [4.78, 5) is 4.04. The van der Waals surface area contributed by atoms with Crippen LogP contribution in [0.5, 0.6) is 0 Å². The molecule has 0 aliphatic heterocycles. The first kappa shape index (κ1) is 14.2. The van der Waals surface area contributed by atoms with Crippen LogP contribution in [0.4, 0.5) is 0 Å². The van der Waals surface area contributed by atoms with Gasteiger partial charge in [0.25, 0.3) is 0 Å². The van der Waals surface area contributed by atoms with E-state index in [0.29, 0.717) is 23.1 Å². The van der Waals surface area contributed by atoms with Gasteiger partial charge in [0.15, 0.2) is 15.7 Å². The number of aryl methyl sites for hydroxylation is 1. The molecule has 104 valence electrons. The highest BCUT2D eigenvalue weighted by molar-refractivity contribution is 7.92. The Labute approximate surface area is 115 Å². The van der Waals surface area contributed by atoms with Crippen LogP contribution in [0.3, 0.4) is 0 Å². The van der Waals surface area contributed by atoms with Crippen LogP contribution in [0.1, 0.15) is 17.3 Å². The molecule has 2 rings (SSSR count). The highest BCUT2D eigenvalue weighted by Gasteiger charge is 2.22. The van der Waals surface area contributed by atoms with Gasteiger partial charge in [-0.25, -0.2) is 8.42 Å². The summed E-state index contributed by atoms with van der Waals surface area (Å²) in [7, 11) is -1.84. The van der Waals surface area contributed by atoms with Crippen molar-refractivity contribution in [2.24, 2.45) is 0 Å². The molecule has 8 heteroatoms. The smallest absolute Gasteiger partial charge is 0.242 e. The maximum atomic E-state index is 12.2. The van der Waals surface area contributed by atoms with Crippen LogP contribution < -0.4 is 0 Å². The van der Waals surface area contributed by atoms with E-state index in [1.165, 1.54) is 11.3 Å². The van der Waals surface area contributed by atoms with E-state index >= 15 is 0 Å². The summed E-state index contributed by atoms with van der Waals surface area (Å²) in [6.07, 6.45) is 0.498. The maximum Gasteiger partial charge on any atom is 0.242 e. The van der Waals surface area contributed by atoms with E-state index in [-0.39, 0.29) is 11.6 Å². The third-order valence-electron chi connectivity index (χ3n) is 2.45. The van der Waals surface area contributed by atoms with Gasteiger partial charge < -0.3 is 9.26 Å². The molecule has 0 aliphatic carbocycles. The fourth-order valence-corrected chi connectivity index (χ4v) is 4.26. The van der Waals surface area contributed by atoms with Gasteiger partial charge in [0.2, 0.25) is 5.89 Å². The normalized spacial score (nSPS) is 11.9. The molecule has 0 saturated heterocycles. The summed E-state index contributed by atoms with van der Waals surface area (Å²) in [5.41, 5.74) is 0.740. The predicted molar refractivity (Wildman–Crippen MR) is 69.8 cm³/mol. The van der Waals surface area contributed by atoms with Crippen LogP contribution in [0.15, 0.2) is 20.2 Å². The predicted octanol–water partition coefficient (Wildman–Crippen LogP) is 1.60. The number of methoxy groups -OCH3 is 1. The van der Waals surface area contributed by atoms with Crippen molar-refractivity contribution in [1.82, 2.24) is 10.1 Å². The average Bonchev–Trinajstić information content (AvgIpc) is 2.95. The fourth-order valence-electron chi connectivity index (χ4n) is 1.55. The van der Waals surface area contributed by atoms with Gasteiger partial charge >= 0.3 is 0 Å². The molecule has 0 saturated carbocycles. The molecule has 0 aromatic carbocycles. The first-order valence-electron chi connectivity index (χ1n) is 5.60. The average molecular weight is 302 g/mol. The summed E-state index contributed by atoms with van der Waals surface area (Å²) in [5, 5.41) is 5.46. The lowest BCUT2D eigenvalue weighted by Gasteiger charge is -1.99. The maximum absolute atomic E-state index is 12.2. The number of nitrogens with zero attached hydrogens (tertiary/aromatic N) is 2. The van der Waals surface area contributed by atoms with Crippen molar-refractivity contribution in [3.8, 4) is 0 Å². The molecule has 0 spiro atoms. The van der Waals surface area contributed by atoms with Crippen molar-refractivity contribution < 1.29 is 17.7 Å². The van der Waals surface area contributed by atoms with Crippen LogP contribution in [0, 0.1) is 6.92 Å². The Morgan fingerprint density at radius 2 is 2.26 bits per heavy atom. The van der Waals surface area contributed by atoms with E-state index in [1.807, 2.05) is 0 Å². The molecule has 19 heavy (non-hydrogen) atoms. The second-order valence-corrected chi connectivity index (χ2v) is 7.10. The Kier molecular flexibility index (Phi) is 4.33. The molecule has 0 fully saturated rings. The zero-order valence-electron chi connectivity index (χ0n) is 10.6. The highest BCUT2D eigenvalue weighted by atomic mass is 32.2. The molecule has 0 N–H and O–H groups in total. The Balaban J connectivity index is 2.13. The van der Waals surface area contributed by atoms with Gasteiger partial charge in [-0.1, -0.05) is 5.16 Å². The molecule has 0 atom stereocenters. The molecule has 2 heterocycles. The van der Waals surface area contributed by atoms with E-state index in [2.05, 4.69) is 10.1 Å². The van der Waals surface area contributed by atoms with Crippen molar-refractivity contribution in [2.75, 3.05) is 13.7 Å². The van der Waals surface area contributed by atoms with Crippen LogP contribution in [-0.4, -0.2) is 32.3 Å². The minimum atomic E-state index is -3.42. The number of hydrogen-bond acceptors (Lipinski definition) is 7. The summed E-state index contributed by atoms with van der Waals surface area (Å²) >= 11 is 1.20. The molecule has 6 nitrogen and oxygen atoms in total. The summed E-state index contributed by atoms with van der Waals surface area (Å²) in [6, 6.07) is 1.77. The summed E-state index contributed by atoms with van der Waals surface area (Å²) < 4.78 is 34.5. The van der Waals surface area contributed by atoms with Crippen molar-refractivity contribution in [2.45, 2.75) is 23.3 Å². The molecule has 0 amide bonds. The van der Waals surface area contributed by atoms with Gasteiger partial charge in [0.1, 0.15) is 9.96 Å². The van der Waals surface area contributed by atoms with Gasteiger partial charge in [-0.2, -0.15) is 4.98 Å². The Morgan fingerprint density at radius 1 is 1.47 bits per heavy atom. The molecule has 0 aliphatic rings. The SMILES string of the molecule is COCCc1noc(CS(=O)(=O)c2sccc2C)n1. The van der Waals surface area contributed by atoms with Crippen LogP contribution in [0.25, 0.3) is 0 Å². The number of thiophene rings is 1. The van der Waals surface area contributed by atoms with Crippen LogP contribution in [-0.2, 0) is 26.7 Å². The lowest BCUT2D eigenvalue weighted by molar-refractivity contribution is 0.199. The molecule has 2 aromatic heterocycles. The van der Waals surface area contributed by atoms with Gasteiger partial charge in [-0.15, -0.1) is 11.3 Å². The molecule has 0 unspecified atom stereocenters. The fraction of sp³-hybridized carbons (Fsp3) is 0.455. The first-order chi connectivity index (χ1) is 9.03. The zero-order chi connectivity index (χ0) is 13.9. The monoisotopic (exact) mass is 302 g/mol. The quantitative estimate of drug-likeness (QED) is 0.806. The van der Waals surface area contributed by atoms with Gasteiger partial charge in [-0.3, -0.25) is 0 Å². The Morgan fingerprint density at radius 3 is 2.89 bits per heavy atom. The second-order valence-electron chi connectivity index (χ2n) is 4.00. The topological polar surface area (TPSA) is 82.3 Å². The van der Waals surface area contributed by atoms with Crippen molar-refractivity contribution in [1.29, 1.82) is 0 Å². The summed E-state index contributed by atoms with van der Waals surface area (Å²) in [5.74, 6) is 0.294. The standard InChI is InChI=1S/C11H14N2O4S2/c1-8-4-6-18-11(8)19(14,15)7-10-12-9(13-17-10)3-5-16-2/h4,6H,3,5,7H2,1-2H3. The lowest BCUT2D eigenvalue weighted by Crippen LogP contribution is -2.05. The van der Waals surface area contributed by atoms with Crippen molar-refractivity contribution in [3.05, 3.63) is 28.7 Å². The van der Waals surface area contributed by atoms with E-state index in [0.717, 1.165) is 5.56 Å². The third-order valence-corrected chi connectivity index (χ3v) is 5.82. The Bertz CT molecular complexity index is 645. The van der Waals surface area contributed by atoms with Gasteiger partial charge in [0, 0.05) is 13.5 Å². The van der Waals surface area contributed by atoms with E-state index in [4.69, 9.17) is 9.26 Å². The van der Waals surface area contributed by atoms with Gasteiger partial charge in [-0.05, 0) is 23.9 Å². The van der Waals surface area contributed by atoms with Crippen LogP contribution >= 0.6 is 11.3 Å². The largest absolute Gasteiger partial charge is 0.384 e. The minimum Gasteiger partial charge on any atom is -0.384 e. The summed E-state index contributed by atoms with van der Waals surface area (Å²) in [6.45, 7) is 2.23. The molecule has 0 bridgehead atoms. The molecule has 0 radical (unpaired) electrons. The Hall–Kier alpha value is -1.25. The van der Waals surface area contributed by atoms with Crippen molar-refractivity contribution in [3.63, 3.8) is 0 Å². The van der Waals surface area contributed by atoms with Crippen LogP contribution in [0.2, 0.25) is 0 Å². The first-order valence-corrected chi connectivity index (χ1v) is 8.13. The van der Waals surface area contributed by atoms with E-state index < -0.39 is 9.84 Å². The van der Waals surface area contributed by atoms with E-state index in [9.17, 15) is 8.42 Å². The number of rotatable bonds is 6. The van der Waals surface area contributed by atoms with Crippen molar-refractivity contribution >= 4 is 21.2 Å². The minimum absolute atomic E-state index is 0.110. The number of ether oxygens (including phenoxy) is 1.